The highest BCUT2D eigenvalue weighted by Gasteiger charge is 2.60. The quantitative estimate of drug-likeness (QED) is 0.646. The van der Waals surface area contributed by atoms with Crippen molar-refractivity contribution in [1.29, 1.82) is 0 Å². The van der Waals surface area contributed by atoms with Gasteiger partial charge in [-0.3, -0.25) is 4.79 Å². The third-order valence-corrected chi connectivity index (χ3v) is 8.10. The summed E-state index contributed by atoms with van der Waals surface area (Å²) in [6.07, 6.45) is 3.92. The summed E-state index contributed by atoms with van der Waals surface area (Å²) in [6, 6.07) is 0. The maximum atomic E-state index is 12.9. The van der Waals surface area contributed by atoms with Gasteiger partial charge in [0.25, 0.3) is 0 Å². The van der Waals surface area contributed by atoms with Gasteiger partial charge in [-0.2, -0.15) is 0 Å². The molecule has 0 aromatic carbocycles. The summed E-state index contributed by atoms with van der Waals surface area (Å²) in [5.41, 5.74) is -0.862. The predicted molar refractivity (Wildman–Crippen MR) is 109 cm³/mol. The van der Waals surface area contributed by atoms with E-state index in [2.05, 4.69) is 12.2 Å². The number of likely N-dealkylation sites (tertiary alicyclic amines) is 1. The number of amides is 2. The zero-order valence-corrected chi connectivity index (χ0v) is 18.2. The van der Waals surface area contributed by atoms with Gasteiger partial charge in [0.1, 0.15) is 6.10 Å². The van der Waals surface area contributed by atoms with Crippen LogP contribution in [0.15, 0.2) is 0 Å². The number of ether oxygens (including phenoxy) is 1. The van der Waals surface area contributed by atoms with Crippen molar-refractivity contribution in [2.75, 3.05) is 26.2 Å². The number of nitrogens with zero attached hydrogens (tertiary/aromatic N) is 1. The van der Waals surface area contributed by atoms with Crippen LogP contribution < -0.4 is 5.32 Å². The second kappa shape index (κ2) is 8.80. The molecule has 0 aromatic rings. The molecule has 0 bridgehead atoms. The first-order chi connectivity index (χ1) is 13.8. The first-order valence-corrected chi connectivity index (χ1v) is 11.3. The topological polar surface area (TPSA) is 99.1 Å². The second-order valence-electron chi connectivity index (χ2n) is 9.73. The summed E-state index contributed by atoms with van der Waals surface area (Å²) in [4.78, 5) is 26.9. The normalized spacial score (nSPS) is 39.7. The lowest BCUT2D eigenvalue weighted by molar-refractivity contribution is -0.187. The number of hydrogen-bond donors (Lipinski definition) is 3. The molecule has 2 aliphatic carbocycles. The molecule has 2 saturated carbocycles. The molecule has 3 N–H and O–H groups in total. The van der Waals surface area contributed by atoms with E-state index in [0.717, 1.165) is 38.8 Å². The number of nitrogens with one attached hydrogen (secondary N) is 1. The molecule has 3 fully saturated rings. The fraction of sp³-hybridized carbons (Fsp3) is 0.909. The first kappa shape index (κ1) is 22.3. The minimum Gasteiger partial charge on any atom is -0.446 e. The minimum absolute atomic E-state index is 0.0768. The Hall–Kier alpha value is -1.34. The van der Waals surface area contributed by atoms with E-state index in [0.29, 0.717) is 25.8 Å². The number of rotatable bonds is 5. The SMILES string of the molecule is CCNC(=O)O[C@@H]1CC[C@]2(C)[C@@H](CC[C@@H](O)[C@H]2CC(=O)N2CCCC2)[C@]1(C)CO. The first-order valence-electron chi connectivity index (χ1n) is 11.3. The van der Waals surface area contributed by atoms with Crippen molar-refractivity contribution in [2.24, 2.45) is 22.7 Å². The molecule has 7 heteroatoms. The molecule has 3 rings (SSSR count). The van der Waals surface area contributed by atoms with Crippen LogP contribution in [0, 0.1) is 22.7 Å². The molecule has 0 spiro atoms. The Morgan fingerprint density at radius 2 is 1.86 bits per heavy atom. The molecule has 0 unspecified atom stereocenters. The summed E-state index contributed by atoms with van der Waals surface area (Å²) < 4.78 is 5.71. The van der Waals surface area contributed by atoms with Gasteiger partial charge in [-0.25, -0.2) is 4.79 Å². The van der Waals surface area contributed by atoms with E-state index in [1.54, 1.807) is 0 Å². The highest BCUT2D eigenvalue weighted by molar-refractivity contribution is 5.77. The Bertz CT molecular complexity index is 608. The minimum atomic E-state index is -0.590. The predicted octanol–water partition coefficient (Wildman–Crippen LogP) is 2.30. The molecular weight excluding hydrogens is 372 g/mol. The smallest absolute Gasteiger partial charge is 0.407 e. The number of alkyl carbamates (subject to hydrolysis) is 1. The maximum Gasteiger partial charge on any atom is 0.407 e. The van der Waals surface area contributed by atoms with Gasteiger partial charge < -0.3 is 25.2 Å². The zero-order valence-electron chi connectivity index (χ0n) is 18.2. The van der Waals surface area contributed by atoms with E-state index in [9.17, 15) is 19.8 Å². The van der Waals surface area contributed by atoms with Crippen molar-refractivity contribution in [3.8, 4) is 0 Å². The van der Waals surface area contributed by atoms with E-state index in [1.807, 2.05) is 18.7 Å². The lowest BCUT2D eigenvalue weighted by Crippen LogP contribution is -2.61. The van der Waals surface area contributed by atoms with E-state index in [4.69, 9.17) is 4.74 Å². The van der Waals surface area contributed by atoms with Crippen LogP contribution in [0.5, 0.6) is 0 Å². The Kier molecular flexibility index (Phi) is 6.78. The molecular formula is C22H38N2O5. The van der Waals surface area contributed by atoms with Crippen molar-refractivity contribution in [1.82, 2.24) is 10.2 Å². The van der Waals surface area contributed by atoms with Crippen LogP contribution in [-0.4, -0.2) is 65.6 Å². The lowest BCUT2D eigenvalue weighted by Gasteiger charge is -2.60. The molecule has 1 aliphatic heterocycles. The van der Waals surface area contributed by atoms with Gasteiger partial charge in [0, 0.05) is 31.5 Å². The van der Waals surface area contributed by atoms with E-state index in [1.165, 1.54) is 0 Å². The molecule has 29 heavy (non-hydrogen) atoms. The van der Waals surface area contributed by atoms with Crippen LogP contribution >= 0.6 is 0 Å². The zero-order chi connectivity index (χ0) is 21.2. The highest BCUT2D eigenvalue weighted by Crippen LogP contribution is 2.61. The fourth-order valence-corrected chi connectivity index (χ4v) is 6.38. The summed E-state index contributed by atoms with van der Waals surface area (Å²) in [5.74, 6) is 0.0819. The van der Waals surface area contributed by atoms with Crippen LogP contribution in [-0.2, 0) is 9.53 Å². The van der Waals surface area contributed by atoms with Gasteiger partial charge in [-0.15, -0.1) is 0 Å². The van der Waals surface area contributed by atoms with E-state index in [-0.39, 0.29) is 35.9 Å². The van der Waals surface area contributed by atoms with Gasteiger partial charge in [0.05, 0.1) is 12.7 Å². The monoisotopic (exact) mass is 410 g/mol. The number of aliphatic hydroxyl groups is 2. The third kappa shape index (κ3) is 4.13. The van der Waals surface area contributed by atoms with Gasteiger partial charge >= 0.3 is 6.09 Å². The van der Waals surface area contributed by atoms with Crippen molar-refractivity contribution >= 4 is 12.0 Å². The summed E-state index contributed by atoms with van der Waals surface area (Å²) in [5, 5.41) is 23.9. The average Bonchev–Trinajstić information content (AvgIpc) is 3.22. The van der Waals surface area contributed by atoms with Crippen LogP contribution in [0.2, 0.25) is 0 Å². The second-order valence-corrected chi connectivity index (χ2v) is 9.73. The molecule has 1 saturated heterocycles. The van der Waals surface area contributed by atoms with Crippen molar-refractivity contribution in [3.05, 3.63) is 0 Å². The molecule has 6 atom stereocenters. The van der Waals surface area contributed by atoms with Gasteiger partial charge in [0.2, 0.25) is 5.91 Å². The molecule has 7 nitrogen and oxygen atoms in total. The van der Waals surface area contributed by atoms with E-state index < -0.39 is 17.6 Å². The summed E-state index contributed by atoms with van der Waals surface area (Å²) in [7, 11) is 0. The number of fused-ring (bicyclic) bond motifs is 1. The molecule has 166 valence electrons. The van der Waals surface area contributed by atoms with Gasteiger partial charge in [-0.1, -0.05) is 13.8 Å². The van der Waals surface area contributed by atoms with Crippen molar-refractivity contribution in [3.63, 3.8) is 0 Å². The third-order valence-electron chi connectivity index (χ3n) is 8.10. The Labute approximate surface area is 174 Å². The Morgan fingerprint density at radius 3 is 2.48 bits per heavy atom. The molecule has 0 aromatic heterocycles. The highest BCUT2D eigenvalue weighted by atomic mass is 16.6. The molecule has 2 amide bonds. The number of hydrogen-bond acceptors (Lipinski definition) is 5. The van der Waals surface area contributed by atoms with Crippen molar-refractivity contribution in [2.45, 2.75) is 77.9 Å². The Morgan fingerprint density at radius 1 is 1.17 bits per heavy atom. The van der Waals surface area contributed by atoms with E-state index >= 15 is 0 Å². The maximum absolute atomic E-state index is 12.9. The Balaban J connectivity index is 1.81. The van der Waals surface area contributed by atoms with Crippen LogP contribution in [0.1, 0.15) is 65.7 Å². The van der Waals surface area contributed by atoms with Crippen LogP contribution in [0.4, 0.5) is 4.79 Å². The van der Waals surface area contributed by atoms with Gasteiger partial charge in [-0.05, 0) is 62.7 Å². The van der Waals surface area contributed by atoms with Crippen LogP contribution in [0.25, 0.3) is 0 Å². The number of carbonyl (C=O) groups excluding carboxylic acids is 2. The fourth-order valence-electron chi connectivity index (χ4n) is 6.38. The molecule has 1 heterocycles. The molecule has 3 aliphatic rings. The van der Waals surface area contributed by atoms with Crippen LogP contribution in [0.3, 0.4) is 0 Å². The van der Waals surface area contributed by atoms with Gasteiger partial charge in [0.15, 0.2) is 0 Å². The lowest BCUT2D eigenvalue weighted by atomic mass is 9.46. The summed E-state index contributed by atoms with van der Waals surface area (Å²) in [6.45, 7) is 8.05. The average molecular weight is 411 g/mol. The molecule has 0 radical (unpaired) electrons. The van der Waals surface area contributed by atoms with Crippen molar-refractivity contribution < 1.29 is 24.5 Å². The standard InChI is InChI=1S/C22H38N2O5/c1-4-23-20(28)29-18-9-10-21(2)15(13-19(27)24-11-5-6-12-24)16(26)7-8-17(21)22(18,3)14-25/h15-18,25-26H,4-14H2,1-3H3,(H,23,28)/t15-,16-,17-,18-,21+,22+/m1/s1. The number of aliphatic hydroxyl groups excluding tert-OH is 2. The summed E-state index contributed by atoms with van der Waals surface area (Å²) >= 11 is 0. The number of carbonyl (C=O) groups is 2. The largest absolute Gasteiger partial charge is 0.446 e.